The van der Waals surface area contributed by atoms with Crippen molar-refractivity contribution >= 4 is 23.5 Å². The van der Waals surface area contributed by atoms with Crippen LogP contribution < -0.4 is 10.7 Å². The molecule has 0 aromatic heterocycles. The van der Waals surface area contributed by atoms with Crippen LogP contribution in [-0.4, -0.2) is 30.6 Å². The molecule has 2 rings (SSSR count). The van der Waals surface area contributed by atoms with Gasteiger partial charge in [0.05, 0.1) is 12.3 Å². The van der Waals surface area contributed by atoms with Crippen LogP contribution in [0.3, 0.4) is 0 Å². The molecule has 1 heterocycles. The summed E-state index contributed by atoms with van der Waals surface area (Å²) in [7, 11) is 0. The SMILES string of the molecule is S=C(NCC1CCCO1)NN=Cc1ccccc1. The van der Waals surface area contributed by atoms with E-state index in [-0.39, 0.29) is 6.10 Å². The van der Waals surface area contributed by atoms with E-state index in [0.29, 0.717) is 5.11 Å². The van der Waals surface area contributed by atoms with E-state index < -0.39 is 0 Å². The molecule has 0 bridgehead atoms. The highest BCUT2D eigenvalue weighted by atomic mass is 32.1. The van der Waals surface area contributed by atoms with Crippen LogP contribution >= 0.6 is 12.2 Å². The first-order valence-electron chi connectivity index (χ1n) is 6.08. The molecule has 1 unspecified atom stereocenters. The van der Waals surface area contributed by atoms with Crippen LogP contribution in [0.1, 0.15) is 18.4 Å². The topological polar surface area (TPSA) is 45.6 Å². The molecule has 0 radical (unpaired) electrons. The third kappa shape index (κ3) is 4.43. The van der Waals surface area contributed by atoms with E-state index in [1.54, 1.807) is 6.21 Å². The number of rotatable bonds is 4. The average Bonchev–Trinajstić information content (AvgIpc) is 2.91. The van der Waals surface area contributed by atoms with E-state index >= 15 is 0 Å². The van der Waals surface area contributed by atoms with Crippen LogP contribution in [0.4, 0.5) is 0 Å². The smallest absolute Gasteiger partial charge is 0.187 e. The molecule has 0 amide bonds. The zero-order chi connectivity index (χ0) is 12.6. The maximum atomic E-state index is 5.49. The number of hydrazone groups is 1. The number of ether oxygens (including phenoxy) is 1. The average molecular weight is 263 g/mol. The number of hydrogen-bond donors (Lipinski definition) is 2. The highest BCUT2D eigenvalue weighted by Crippen LogP contribution is 2.10. The van der Waals surface area contributed by atoms with Crippen molar-refractivity contribution in [1.29, 1.82) is 0 Å². The molecule has 1 saturated heterocycles. The molecule has 4 nitrogen and oxygen atoms in total. The van der Waals surface area contributed by atoms with E-state index in [1.807, 2.05) is 30.3 Å². The Morgan fingerprint density at radius 2 is 2.28 bits per heavy atom. The lowest BCUT2D eigenvalue weighted by molar-refractivity contribution is 0.114. The van der Waals surface area contributed by atoms with Crippen molar-refractivity contribution in [2.75, 3.05) is 13.2 Å². The van der Waals surface area contributed by atoms with Gasteiger partial charge >= 0.3 is 0 Å². The Labute approximate surface area is 112 Å². The molecule has 18 heavy (non-hydrogen) atoms. The zero-order valence-corrected chi connectivity index (χ0v) is 11.0. The Balaban J connectivity index is 1.66. The molecule has 0 aliphatic carbocycles. The minimum Gasteiger partial charge on any atom is -0.376 e. The van der Waals surface area contributed by atoms with Gasteiger partial charge in [0.1, 0.15) is 0 Å². The second-order valence-corrected chi connectivity index (χ2v) is 4.53. The molecule has 0 spiro atoms. The normalized spacial score (nSPS) is 19.0. The van der Waals surface area contributed by atoms with Crippen LogP contribution in [0.5, 0.6) is 0 Å². The highest BCUT2D eigenvalue weighted by Gasteiger charge is 2.14. The monoisotopic (exact) mass is 263 g/mol. The van der Waals surface area contributed by atoms with Crippen molar-refractivity contribution in [3.8, 4) is 0 Å². The number of benzene rings is 1. The first-order chi connectivity index (χ1) is 8.84. The quantitative estimate of drug-likeness (QED) is 0.493. The number of thiocarbonyl (C=S) groups is 1. The van der Waals surface area contributed by atoms with Crippen molar-refractivity contribution in [3.05, 3.63) is 35.9 Å². The first kappa shape index (κ1) is 13.0. The third-order valence-electron chi connectivity index (χ3n) is 2.69. The van der Waals surface area contributed by atoms with Crippen LogP contribution in [0.2, 0.25) is 0 Å². The van der Waals surface area contributed by atoms with E-state index in [0.717, 1.165) is 31.6 Å². The first-order valence-corrected chi connectivity index (χ1v) is 6.49. The Kier molecular flexibility index (Phi) is 5.11. The second-order valence-electron chi connectivity index (χ2n) is 4.13. The summed E-state index contributed by atoms with van der Waals surface area (Å²) in [6.07, 6.45) is 4.25. The summed E-state index contributed by atoms with van der Waals surface area (Å²) in [5.41, 5.74) is 3.82. The van der Waals surface area contributed by atoms with Crippen molar-refractivity contribution in [1.82, 2.24) is 10.7 Å². The molecular weight excluding hydrogens is 246 g/mol. The standard InChI is InChI=1S/C13H17N3OS/c18-13(14-10-12-7-4-8-17-12)16-15-9-11-5-2-1-3-6-11/h1-3,5-6,9,12H,4,7-8,10H2,(H2,14,16,18). The van der Waals surface area contributed by atoms with Crippen molar-refractivity contribution in [2.24, 2.45) is 5.10 Å². The number of nitrogens with zero attached hydrogens (tertiary/aromatic N) is 1. The Bertz CT molecular complexity index is 402. The largest absolute Gasteiger partial charge is 0.376 e. The van der Waals surface area contributed by atoms with Gasteiger partial charge in [-0.05, 0) is 30.6 Å². The maximum Gasteiger partial charge on any atom is 0.187 e. The Hall–Kier alpha value is -1.46. The van der Waals surface area contributed by atoms with Crippen LogP contribution in [0.15, 0.2) is 35.4 Å². The molecule has 0 saturated carbocycles. The van der Waals surface area contributed by atoms with Gasteiger partial charge < -0.3 is 10.1 Å². The second kappa shape index (κ2) is 7.08. The van der Waals surface area contributed by atoms with E-state index in [2.05, 4.69) is 15.8 Å². The van der Waals surface area contributed by atoms with Crippen molar-refractivity contribution in [2.45, 2.75) is 18.9 Å². The van der Waals surface area contributed by atoms with E-state index in [1.165, 1.54) is 0 Å². The molecule has 5 heteroatoms. The van der Waals surface area contributed by atoms with Crippen molar-refractivity contribution in [3.63, 3.8) is 0 Å². The fourth-order valence-corrected chi connectivity index (χ4v) is 1.89. The summed E-state index contributed by atoms with van der Waals surface area (Å²) in [5.74, 6) is 0. The maximum absolute atomic E-state index is 5.49. The molecule has 96 valence electrons. The Morgan fingerprint density at radius 1 is 1.44 bits per heavy atom. The lowest BCUT2D eigenvalue weighted by Gasteiger charge is -2.11. The molecule has 1 aliphatic heterocycles. The van der Waals surface area contributed by atoms with Gasteiger partial charge in [-0.15, -0.1) is 0 Å². The van der Waals surface area contributed by atoms with Gasteiger partial charge in [0.15, 0.2) is 5.11 Å². The fraction of sp³-hybridized carbons (Fsp3) is 0.385. The molecule has 1 fully saturated rings. The van der Waals surface area contributed by atoms with Gasteiger partial charge in [0, 0.05) is 13.2 Å². The summed E-state index contributed by atoms with van der Waals surface area (Å²) in [5, 5.41) is 7.69. The molecule has 1 atom stereocenters. The van der Waals surface area contributed by atoms with Gasteiger partial charge in [0.2, 0.25) is 0 Å². The molecule has 1 aromatic rings. The van der Waals surface area contributed by atoms with Gasteiger partial charge in [-0.1, -0.05) is 30.3 Å². The third-order valence-corrected chi connectivity index (χ3v) is 2.93. The number of nitrogens with one attached hydrogen (secondary N) is 2. The Morgan fingerprint density at radius 3 is 3.00 bits per heavy atom. The van der Waals surface area contributed by atoms with E-state index in [9.17, 15) is 0 Å². The van der Waals surface area contributed by atoms with Gasteiger partial charge in [-0.3, -0.25) is 5.43 Å². The van der Waals surface area contributed by atoms with Crippen LogP contribution in [0, 0.1) is 0 Å². The van der Waals surface area contributed by atoms with Crippen LogP contribution in [-0.2, 0) is 4.74 Å². The van der Waals surface area contributed by atoms with Crippen molar-refractivity contribution < 1.29 is 4.74 Å². The van der Waals surface area contributed by atoms with Gasteiger partial charge in [-0.25, -0.2) is 0 Å². The summed E-state index contributed by atoms with van der Waals surface area (Å²) >= 11 is 5.11. The predicted molar refractivity (Wildman–Crippen MR) is 76.7 cm³/mol. The van der Waals surface area contributed by atoms with Gasteiger partial charge in [-0.2, -0.15) is 5.10 Å². The zero-order valence-electron chi connectivity index (χ0n) is 10.1. The minimum absolute atomic E-state index is 0.280. The molecule has 2 N–H and O–H groups in total. The lowest BCUT2D eigenvalue weighted by Crippen LogP contribution is -2.37. The van der Waals surface area contributed by atoms with Crippen LogP contribution in [0.25, 0.3) is 0 Å². The lowest BCUT2D eigenvalue weighted by atomic mass is 10.2. The predicted octanol–water partition coefficient (Wildman–Crippen LogP) is 1.66. The minimum atomic E-state index is 0.280. The molecule has 1 aromatic carbocycles. The highest BCUT2D eigenvalue weighted by molar-refractivity contribution is 7.80. The molecular formula is C13H17N3OS. The molecule has 1 aliphatic rings. The van der Waals surface area contributed by atoms with E-state index in [4.69, 9.17) is 17.0 Å². The summed E-state index contributed by atoms with van der Waals surface area (Å²) in [6.45, 7) is 1.60. The number of hydrogen-bond acceptors (Lipinski definition) is 3. The summed E-state index contributed by atoms with van der Waals surface area (Å²) in [6, 6.07) is 9.87. The fourth-order valence-electron chi connectivity index (χ4n) is 1.76. The summed E-state index contributed by atoms with van der Waals surface area (Å²) in [4.78, 5) is 0. The summed E-state index contributed by atoms with van der Waals surface area (Å²) < 4.78 is 5.49. The van der Waals surface area contributed by atoms with Gasteiger partial charge in [0.25, 0.3) is 0 Å².